The van der Waals surface area contributed by atoms with Crippen LogP contribution in [-0.4, -0.2) is 33.7 Å². The Morgan fingerprint density at radius 2 is 2.15 bits per heavy atom. The summed E-state index contributed by atoms with van der Waals surface area (Å²) in [5, 5.41) is 5.27. The Morgan fingerprint density at radius 3 is 2.75 bits per heavy atom. The van der Waals surface area contributed by atoms with Crippen LogP contribution < -0.4 is 10.0 Å². The number of methoxy groups -OCH3 is 1. The summed E-state index contributed by atoms with van der Waals surface area (Å²) in [7, 11) is -1.92. The average Bonchev–Trinajstić information content (AvgIpc) is 3.01. The molecule has 7 heteroatoms. The van der Waals surface area contributed by atoms with Crippen molar-refractivity contribution < 1.29 is 13.2 Å². The average molecular weight is 318 g/mol. The SMILES string of the molecule is COCC(C)(C)NS(=O)(=O)c1cc(CNC2CC2)cs1. The topological polar surface area (TPSA) is 67.4 Å². The fourth-order valence-corrected chi connectivity index (χ4v) is 4.55. The lowest BCUT2D eigenvalue weighted by molar-refractivity contribution is 0.141. The van der Waals surface area contributed by atoms with Gasteiger partial charge in [-0.25, -0.2) is 13.1 Å². The van der Waals surface area contributed by atoms with E-state index in [0.29, 0.717) is 16.9 Å². The van der Waals surface area contributed by atoms with E-state index >= 15 is 0 Å². The van der Waals surface area contributed by atoms with Gasteiger partial charge in [0.05, 0.1) is 12.1 Å². The summed E-state index contributed by atoms with van der Waals surface area (Å²) < 4.78 is 32.7. The molecule has 1 aromatic heterocycles. The first-order valence-corrected chi connectivity index (χ1v) is 9.02. The van der Waals surface area contributed by atoms with E-state index in [0.717, 1.165) is 12.1 Å². The Kier molecular flexibility index (Phi) is 4.86. The molecule has 0 unspecified atom stereocenters. The smallest absolute Gasteiger partial charge is 0.250 e. The van der Waals surface area contributed by atoms with Crippen LogP contribution in [0.1, 0.15) is 32.3 Å². The number of hydrogen-bond donors (Lipinski definition) is 2. The van der Waals surface area contributed by atoms with Crippen molar-refractivity contribution in [3.63, 3.8) is 0 Å². The Hall–Kier alpha value is -0.470. The minimum absolute atomic E-state index is 0.327. The van der Waals surface area contributed by atoms with Gasteiger partial charge in [-0.05, 0) is 43.7 Å². The predicted octanol–water partition coefficient (Wildman–Crippen LogP) is 1.70. The maximum Gasteiger partial charge on any atom is 0.250 e. The summed E-state index contributed by atoms with van der Waals surface area (Å²) in [4.78, 5) is 0. The molecule has 0 amide bonds. The maximum absolute atomic E-state index is 12.3. The zero-order valence-electron chi connectivity index (χ0n) is 12.1. The predicted molar refractivity (Wildman–Crippen MR) is 80.5 cm³/mol. The fraction of sp³-hybridized carbons (Fsp3) is 0.692. The van der Waals surface area contributed by atoms with Crippen LogP contribution in [0.15, 0.2) is 15.7 Å². The highest BCUT2D eigenvalue weighted by Crippen LogP contribution is 2.24. The molecular weight excluding hydrogens is 296 g/mol. The quantitative estimate of drug-likeness (QED) is 0.765. The number of rotatable bonds is 8. The molecule has 0 saturated heterocycles. The van der Waals surface area contributed by atoms with Gasteiger partial charge in [-0.1, -0.05) is 0 Å². The maximum atomic E-state index is 12.3. The molecule has 0 spiro atoms. The van der Waals surface area contributed by atoms with Crippen LogP contribution in [0.5, 0.6) is 0 Å². The normalized spacial score (nSPS) is 16.6. The zero-order valence-corrected chi connectivity index (χ0v) is 13.7. The number of thiophene rings is 1. The van der Waals surface area contributed by atoms with Gasteiger partial charge in [-0.15, -0.1) is 11.3 Å². The van der Waals surface area contributed by atoms with Crippen LogP contribution in [0.25, 0.3) is 0 Å². The van der Waals surface area contributed by atoms with Gasteiger partial charge in [0.15, 0.2) is 0 Å². The van der Waals surface area contributed by atoms with E-state index in [4.69, 9.17) is 4.74 Å². The fourth-order valence-electron chi connectivity index (χ4n) is 1.94. The Bertz CT molecular complexity index is 548. The van der Waals surface area contributed by atoms with Crippen LogP contribution in [-0.2, 0) is 21.3 Å². The Labute approximate surface area is 124 Å². The molecule has 0 radical (unpaired) electrons. The number of nitrogens with one attached hydrogen (secondary N) is 2. The third kappa shape index (κ3) is 4.53. The number of hydrogen-bond acceptors (Lipinski definition) is 5. The number of sulfonamides is 1. The van der Waals surface area contributed by atoms with Crippen LogP contribution in [0, 0.1) is 0 Å². The van der Waals surface area contributed by atoms with Gasteiger partial charge in [0.2, 0.25) is 0 Å². The molecule has 0 bridgehead atoms. The second-order valence-corrected chi connectivity index (χ2v) is 8.67. The first-order chi connectivity index (χ1) is 9.32. The highest BCUT2D eigenvalue weighted by Gasteiger charge is 2.27. The molecule has 0 aromatic carbocycles. The van der Waals surface area contributed by atoms with Gasteiger partial charge < -0.3 is 10.1 Å². The molecule has 0 atom stereocenters. The minimum atomic E-state index is -3.48. The molecule has 2 rings (SSSR count). The monoisotopic (exact) mass is 318 g/mol. The number of ether oxygens (including phenoxy) is 1. The zero-order chi connectivity index (χ0) is 14.8. The van der Waals surface area contributed by atoms with E-state index in [-0.39, 0.29) is 0 Å². The summed E-state index contributed by atoms with van der Waals surface area (Å²) in [6.45, 7) is 4.67. The summed E-state index contributed by atoms with van der Waals surface area (Å²) in [5.41, 5.74) is 0.399. The van der Waals surface area contributed by atoms with E-state index in [1.165, 1.54) is 24.2 Å². The van der Waals surface area contributed by atoms with Gasteiger partial charge in [-0.2, -0.15) is 0 Å². The lowest BCUT2D eigenvalue weighted by atomic mass is 10.1. The standard InChI is InChI=1S/C13H22N2O3S2/c1-13(2,9-18-3)15-20(16,17)12-6-10(8-19-12)7-14-11-4-5-11/h6,8,11,14-15H,4-5,7,9H2,1-3H3. The first-order valence-electron chi connectivity index (χ1n) is 6.66. The third-order valence-corrected chi connectivity index (χ3v) is 6.17. The first kappa shape index (κ1) is 15.9. The largest absolute Gasteiger partial charge is 0.383 e. The Morgan fingerprint density at radius 1 is 1.45 bits per heavy atom. The highest BCUT2D eigenvalue weighted by molar-refractivity contribution is 7.91. The molecule has 114 valence electrons. The molecule has 1 saturated carbocycles. The lowest BCUT2D eigenvalue weighted by Gasteiger charge is -2.24. The van der Waals surface area contributed by atoms with Crippen LogP contribution >= 0.6 is 11.3 Å². The summed E-state index contributed by atoms with van der Waals surface area (Å²) in [5.74, 6) is 0. The van der Waals surface area contributed by atoms with E-state index in [2.05, 4.69) is 10.0 Å². The van der Waals surface area contributed by atoms with Crippen molar-refractivity contribution in [1.82, 2.24) is 10.0 Å². The van der Waals surface area contributed by atoms with Crippen molar-refractivity contribution in [1.29, 1.82) is 0 Å². The molecule has 20 heavy (non-hydrogen) atoms. The van der Waals surface area contributed by atoms with E-state index in [1.807, 2.05) is 5.38 Å². The van der Waals surface area contributed by atoms with Crippen molar-refractivity contribution in [2.75, 3.05) is 13.7 Å². The second kappa shape index (κ2) is 6.11. The summed E-state index contributed by atoms with van der Waals surface area (Å²) in [6.07, 6.45) is 2.45. The molecule has 1 aliphatic rings. The molecule has 1 heterocycles. The van der Waals surface area contributed by atoms with Crippen molar-refractivity contribution >= 4 is 21.4 Å². The minimum Gasteiger partial charge on any atom is -0.383 e. The van der Waals surface area contributed by atoms with Crippen LogP contribution in [0.3, 0.4) is 0 Å². The molecule has 5 nitrogen and oxygen atoms in total. The van der Waals surface area contributed by atoms with Gasteiger partial charge in [0.25, 0.3) is 10.0 Å². The highest BCUT2D eigenvalue weighted by atomic mass is 32.2. The summed E-state index contributed by atoms with van der Waals surface area (Å²) in [6, 6.07) is 2.36. The van der Waals surface area contributed by atoms with Crippen molar-refractivity contribution in [2.24, 2.45) is 0 Å². The molecule has 2 N–H and O–H groups in total. The Balaban J connectivity index is 2.01. The van der Waals surface area contributed by atoms with Crippen LogP contribution in [0.2, 0.25) is 0 Å². The molecular formula is C13H22N2O3S2. The van der Waals surface area contributed by atoms with Gasteiger partial charge in [0, 0.05) is 19.7 Å². The molecule has 1 aromatic rings. The lowest BCUT2D eigenvalue weighted by Crippen LogP contribution is -2.46. The van der Waals surface area contributed by atoms with Crippen molar-refractivity contribution in [3.8, 4) is 0 Å². The van der Waals surface area contributed by atoms with E-state index in [9.17, 15) is 8.42 Å². The van der Waals surface area contributed by atoms with Crippen LogP contribution in [0.4, 0.5) is 0 Å². The van der Waals surface area contributed by atoms with Gasteiger partial charge in [-0.3, -0.25) is 0 Å². The van der Waals surface area contributed by atoms with Crippen molar-refractivity contribution in [3.05, 3.63) is 17.0 Å². The van der Waals surface area contributed by atoms with E-state index in [1.54, 1.807) is 27.0 Å². The van der Waals surface area contributed by atoms with Gasteiger partial charge >= 0.3 is 0 Å². The summed E-state index contributed by atoms with van der Waals surface area (Å²) >= 11 is 1.26. The molecule has 1 aliphatic carbocycles. The van der Waals surface area contributed by atoms with E-state index < -0.39 is 15.6 Å². The molecule has 0 aliphatic heterocycles. The molecule has 1 fully saturated rings. The third-order valence-electron chi connectivity index (χ3n) is 2.98. The second-order valence-electron chi connectivity index (χ2n) is 5.85. The van der Waals surface area contributed by atoms with Gasteiger partial charge in [0.1, 0.15) is 4.21 Å². The van der Waals surface area contributed by atoms with Crippen molar-refractivity contribution in [2.45, 2.75) is 49.0 Å².